The molecule has 0 saturated heterocycles. The average molecular weight is 259 g/mol. The van der Waals surface area contributed by atoms with E-state index in [0.717, 1.165) is 43.1 Å². The van der Waals surface area contributed by atoms with Gasteiger partial charge in [0.2, 0.25) is 0 Å². The van der Waals surface area contributed by atoms with Crippen LogP contribution in [0.2, 0.25) is 0 Å². The quantitative estimate of drug-likeness (QED) is 0.361. The summed E-state index contributed by atoms with van der Waals surface area (Å²) in [6.07, 6.45) is 2.72. The van der Waals surface area contributed by atoms with E-state index in [9.17, 15) is 4.79 Å². The molecule has 0 heterocycles. The van der Waals surface area contributed by atoms with Crippen molar-refractivity contribution in [3.05, 3.63) is 11.6 Å². The number of hydrogen-bond donors (Lipinski definition) is 0. The molecule has 0 saturated carbocycles. The van der Waals surface area contributed by atoms with Gasteiger partial charge in [-0.1, -0.05) is 26.8 Å². The lowest BCUT2D eigenvalue weighted by Crippen LogP contribution is -2.25. The van der Waals surface area contributed by atoms with Crippen molar-refractivity contribution in [1.82, 2.24) is 4.90 Å². The number of thioether (sulfide) groups is 1. The summed E-state index contributed by atoms with van der Waals surface area (Å²) < 4.78 is 4.71. The van der Waals surface area contributed by atoms with Crippen molar-refractivity contribution in [3.8, 4) is 0 Å². The molecular formula is C13H25NO2S. The third kappa shape index (κ3) is 7.45. The fourth-order valence-corrected chi connectivity index (χ4v) is 2.35. The second-order valence-electron chi connectivity index (χ2n) is 3.68. The second kappa shape index (κ2) is 10.7. The van der Waals surface area contributed by atoms with Gasteiger partial charge in [-0.15, -0.1) is 0 Å². The molecule has 0 N–H and O–H groups in total. The molecule has 0 aromatic rings. The van der Waals surface area contributed by atoms with Crippen molar-refractivity contribution in [2.24, 2.45) is 0 Å². The summed E-state index contributed by atoms with van der Waals surface area (Å²) >= 11 is 1.86. The molecule has 0 spiro atoms. The summed E-state index contributed by atoms with van der Waals surface area (Å²) in [5.74, 6) is 1.80. The molecule has 0 aliphatic carbocycles. The Morgan fingerprint density at radius 1 is 1.29 bits per heavy atom. The van der Waals surface area contributed by atoms with E-state index >= 15 is 0 Å². The lowest BCUT2D eigenvalue weighted by Gasteiger charge is -2.16. The molecule has 0 amide bonds. The van der Waals surface area contributed by atoms with Gasteiger partial charge >= 0.3 is 5.97 Å². The first-order chi connectivity index (χ1) is 8.19. The van der Waals surface area contributed by atoms with E-state index in [1.54, 1.807) is 0 Å². The van der Waals surface area contributed by atoms with Crippen LogP contribution in [0, 0.1) is 0 Å². The lowest BCUT2D eigenvalue weighted by atomic mass is 10.2. The van der Waals surface area contributed by atoms with Crippen LogP contribution in [-0.4, -0.2) is 49.1 Å². The Bertz CT molecular complexity index is 238. The van der Waals surface area contributed by atoms with E-state index in [4.69, 9.17) is 4.74 Å². The first-order valence-electron chi connectivity index (χ1n) is 6.26. The van der Waals surface area contributed by atoms with Gasteiger partial charge in [-0.2, -0.15) is 11.8 Å². The van der Waals surface area contributed by atoms with E-state index < -0.39 is 0 Å². The van der Waals surface area contributed by atoms with Gasteiger partial charge in [-0.25, -0.2) is 4.79 Å². The molecule has 0 radical (unpaired) electrons. The number of ether oxygens (including phenoxy) is 1. The highest BCUT2D eigenvalue weighted by Gasteiger charge is 2.05. The van der Waals surface area contributed by atoms with Gasteiger partial charge in [0.15, 0.2) is 0 Å². The van der Waals surface area contributed by atoms with Gasteiger partial charge in [0, 0.05) is 23.6 Å². The highest BCUT2D eigenvalue weighted by atomic mass is 32.2. The number of methoxy groups -OCH3 is 1. The molecule has 0 rings (SSSR count). The van der Waals surface area contributed by atoms with Crippen LogP contribution in [0.1, 0.15) is 27.2 Å². The van der Waals surface area contributed by atoms with Crippen molar-refractivity contribution in [1.29, 1.82) is 0 Å². The van der Waals surface area contributed by atoms with Gasteiger partial charge in [0.05, 0.1) is 7.11 Å². The molecule has 0 atom stereocenters. The Hall–Kier alpha value is -0.480. The zero-order valence-electron chi connectivity index (χ0n) is 11.5. The molecule has 0 bridgehead atoms. The number of rotatable bonds is 9. The van der Waals surface area contributed by atoms with Crippen molar-refractivity contribution in [2.75, 3.05) is 38.2 Å². The normalized spacial score (nSPS) is 11.9. The first-order valence-corrected chi connectivity index (χ1v) is 7.42. The molecule has 0 aliphatic rings. The van der Waals surface area contributed by atoms with E-state index in [-0.39, 0.29) is 5.97 Å². The number of esters is 1. The van der Waals surface area contributed by atoms with Crippen molar-refractivity contribution in [3.63, 3.8) is 0 Å². The summed E-state index contributed by atoms with van der Waals surface area (Å²) in [7, 11) is 1.43. The Balaban J connectivity index is 3.81. The fourth-order valence-electron chi connectivity index (χ4n) is 1.48. The Morgan fingerprint density at radius 3 is 2.41 bits per heavy atom. The maximum atomic E-state index is 11.3. The van der Waals surface area contributed by atoms with Crippen LogP contribution in [0.15, 0.2) is 11.6 Å². The Labute approximate surface area is 110 Å². The summed E-state index contributed by atoms with van der Waals surface area (Å²) in [5.41, 5.74) is 0.780. The first kappa shape index (κ1) is 16.5. The van der Waals surface area contributed by atoms with Crippen molar-refractivity contribution < 1.29 is 9.53 Å². The average Bonchev–Trinajstić information content (AvgIpc) is 2.37. The lowest BCUT2D eigenvalue weighted by molar-refractivity contribution is -0.136. The van der Waals surface area contributed by atoms with Crippen LogP contribution < -0.4 is 0 Å². The van der Waals surface area contributed by atoms with Gasteiger partial charge in [0.1, 0.15) is 0 Å². The minimum Gasteiger partial charge on any atom is -0.466 e. The van der Waals surface area contributed by atoms with Crippen LogP contribution in [-0.2, 0) is 9.53 Å². The summed E-state index contributed by atoms with van der Waals surface area (Å²) in [4.78, 5) is 13.7. The van der Waals surface area contributed by atoms with Crippen LogP contribution in [0.25, 0.3) is 0 Å². The monoisotopic (exact) mass is 259 g/mol. The molecule has 17 heavy (non-hydrogen) atoms. The predicted octanol–water partition coefficient (Wildman–Crippen LogP) is 2.57. The fraction of sp³-hybridized carbons (Fsp3) is 0.769. The van der Waals surface area contributed by atoms with Crippen LogP contribution in [0.5, 0.6) is 0 Å². The van der Waals surface area contributed by atoms with Crippen molar-refractivity contribution in [2.45, 2.75) is 27.2 Å². The molecule has 4 heteroatoms. The third-order valence-corrected chi connectivity index (χ3v) is 3.60. The minimum absolute atomic E-state index is 0.197. The molecule has 0 aliphatic heterocycles. The zero-order chi connectivity index (χ0) is 13.1. The van der Waals surface area contributed by atoms with E-state index in [0.29, 0.717) is 0 Å². The molecule has 0 aromatic carbocycles. The standard InChI is InChI=1S/C13H25NO2S/c1-5-12(13(15)16-4)8-10-17-11-9-14(6-2)7-3/h8H,5-7,9-11H2,1-4H3. The Kier molecular flexibility index (Phi) is 10.4. The molecule has 0 fully saturated rings. The second-order valence-corrected chi connectivity index (χ2v) is 4.83. The van der Waals surface area contributed by atoms with E-state index in [1.807, 2.05) is 24.8 Å². The minimum atomic E-state index is -0.197. The number of carbonyl (C=O) groups is 1. The van der Waals surface area contributed by atoms with Gasteiger partial charge in [0.25, 0.3) is 0 Å². The third-order valence-electron chi connectivity index (χ3n) is 2.72. The van der Waals surface area contributed by atoms with Crippen molar-refractivity contribution >= 4 is 17.7 Å². The van der Waals surface area contributed by atoms with Gasteiger partial charge < -0.3 is 9.64 Å². The number of hydrogen-bond acceptors (Lipinski definition) is 4. The molecule has 100 valence electrons. The van der Waals surface area contributed by atoms with E-state index in [1.165, 1.54) is 7.11 Å². The predicted molar refractivity (Wildman–Crippen MR) is 75.5 cm³/mol. The largest absolute Gasteiger partial charge is 0.466 e. The molecular weight excluding hydrogens is 234 g/mol. The van der Waals surface area contributed by atoms with Crippen LogP contribution >= 0.6 is 11.8 Å². The summed E-state index contributed by atoms with van der Waals surface area (Å²) in [6.45, 7) is 9.67. The highest BCUT2D eigenvalue weighted by molar-refractivity contribution is 7.99. The highest BCUT2D eigenvalue weighted by Crippen LogP contribution is 2.08. The molecule has 3 nitrogen and oxygen atoms in total. The SMILES string of the molecule is CCC(=CCSCCN(CC)CC)C(=O)OC. The summed E-state index contributed by atoms with van der Waals surface area (Å²) in [6, 6.07) is 0. The molecule has 0 aromatic heterocycles. The number of nitrogens with zero attached hydrogens (tertiary/aromatic N) is 1. The smallest absolute Gasteiger partial charge is 0.333 e. The maximum Gasteiger partial charge on any atom is 0.333 e. The van der Waals surface area contributed by atoms with Gasteiger partial charge in [-0.05, 0) is 19.5 Å². The zero-order valence-corrected chi connectivity index (χ0v) is 12.3. The van der Waals surface area contributed by atoms with Gasteiger partial charge in [-0.3, -0.25) is 0 Å². The summed E-state index contributed by atoms with van der Waals surface area (Å²) in [5, 5.41) is 0. The Morgan fingerprint density at radius 2 is 1.94 bits per heavy atom. The van der Waals surface area contributed by atoms with E-state index in [2.05, 4.69) is 18.7 Å². The van der Waals surface area contributed by atoms with Crippen LogP contribution in [0.4, 0.5) is 0 Å². The maximum absolute atomic E-state index is 11.3. The molecule has 0 unspecified atom stereocenters. The van der Waals surface area contributed by atoms with Crippen LogP contribution in [0.3, 0.4) is 0 Å². The number of carbonyl (C=O) groups excluding carboxylic acids is 1. The topological polar surface area (TPSA) is 29.5 Å².